The van der Waals surface area contributed by atoms with E-state index in [4.69, 9.17) is 0 Å². The first-order valence-electron chi connectivity index (χ1n) is 9.83. The maximum Gasteiger partial charge on any atom is 0.126 e. The number of phenols is 2. The van der Waals surface area contributed by atoms with Gasteiger partial charge in [-0.2, -0.15) is 0 Å². The van der Waals surface area contributed by atoms with Crippen molar-refractivity contribution in [3.05, 3.63) is 107 Å². The van der Waals surface area contributed by atoms with Gasteiger partial charge in [-0.1, -0.05) is 72.8 Å². The number of benzene rings is 4. The van der Waals surface area contributed by atoms with Gasteiger partial charge in [-0.05, 0) is 59.4 Å². The van der Waals surface area contributed by atoms with Crippen molar-refractivity contribution in [2.24, 2.45) is 0 Å². The molecule has 0 saturated carbocycles. The largest absolute Gasteiger partial charge is 0.507 e. The minimum Gasteiger partial charge on any atom is -0.507 e. The first-order valence-corrected chi connectivity index (χ1v) is 9.83. The van der Waals surface area contributed by atoms with Gasteiger partial charge in [0.1, 0.15) is 11.5 Å². The molecule has 0 radical (unpaired) electrons. The number of aromatic hydroxyl groups is 2. The van der Waals surface area contributed by atoms with E-state index in [2.05, 4.69) is 61.5 Å². The molecule has 0 bridgehead atoms. The predicted molar refractivity (Wildman–Crippen MR) is 117 cm³/mol. The maximum absolute atomic E-state index is 10.8. The average Bonchev–Trinajstić information content (AvgIpc) is 3.01. The lowest BCUT2D eigenvalue weighted by atomic mass is 9.73. The molecule has 2 N–H and O–H groups in total. The molecular formula is C27H22O2. The quantitative estimate of drug-likeness (QED) is 0.423. The molecule has 0 aromatic heterocycles. The fourth-order valence-corrected chi connectivity index (χ4v) is 4.74. The van der Waals surface area contributed by atoms with Gasteiger partial charge in [0, 0.05) is 16.5 Å². The van der Waals surface area contributed by atoms with Crippen LogP contribution in [0.3, 0.4) is 0 Å². The minimum absolute atomic E-state index is 0.164. The molecule has 0 atom stereocenters. The van der Waals surface area contributed by atoms with E-state index in [0.717, 1.165) is 11.1 Å². The number of phenolic OH excluding ortho intramolecular Hbond substituents is 2. The summed E-state index contributed by atoms with van der Waals surface area (Å²) in [5.41, 5.74) is 7.86. The summed E-state index contributed by atoms with van der Waals surface area (Å²) in [6.45, 7) is 4.16. The minimum atomic E-state index is -0.342. The van der Waals surface area contributed by atoms with Crippen molar-refractivity contribution >= 4 is 0 Å². The Labute approximate surface area is 170 Å². The standard InChI is InChI=1S/C27H22O2/c1-17-15-18(16-22(26(17)29)21-11-5-8-14-25(21)28)27(2)23-12-6-3-9-19(23)20-10-4-7-13-24(20)27/h3-16,28-29H,1-2H3. The normalized spacial score (nSPS) is 13.7. The molecule has 0 unspecified atom stereocenters. The highest BCUT2D eigenvalue weighted by Gasteiger charge is 2.40. The van der Waals surface area contributed by atoms with E-state index in [-0.39, 0.29) is 16.9 Å². The summed E-state index contributed by atoms with van der Waals surface area (Å²) in [6.07, 6.45) is 0. The van der Waals surface area contributed by atoms with Crippen molar-refractivity contribution in [3.63, 3.8) is 0 Å². The van der Waals surface area contributed by atoms with Crippen LogP contribution >= 0.6 is 0 Å². The summed E-state index contributed by atoms with van der Waals surface area (Å²) in [7, 11) is 0. The molecule has 29 heavy (non-hydrogen) atoms. The molecule has 0 spiro atoms. The number of aryl methyl sites for hydroxylation is 1. The van der Waals surface area contributed by atoms with E-state index < -0.39 is 0 Å². The summed E-state index contributed by atoms with van der Waals surface area (Å²) in [5.74, 6) is 0.371. The Hall–Kier alpha value is -3.52. The monoisotopic (exact) mass is 378 g/mol. The van der Waals surface area contributed by atoms with Gasteiger partial charge in [0.25, 0.3) is 0 Å². The first-order chi connectivity index (χ1) is 14.0. The number of rotatable bonds is 2. The second-order valence-electron chi connectivity index (χ2n) is 7.92. The molecular weight excluding hydrogens is 356 g/mol. The fourth-order valence-electron chi connectivity index (χ4n) is 4.74. The molecule has 0 aliphatic heterocycles. The van der Waals surface area contributed by atoms with Crippen LogP contribution < -0.4 is 0 Å². The van der Waals surface area contributed by atoms with Crippen LogP contribution in [-0.4, -0.2) is 10.2 Å². The van der Waals surface area contributed by atoms with E-state index in [1.165, 1.54) is 22.3 Å². The molecule has 1 aliphatic rings. The molecule has 4 aromatic rings. The highest BCUT2D eigenvalue weighted by Crippen LogP contribution is 2.53. The topological polar surface area (TPSA) is 40.5 Å². The predicted octanol–water partition coefficient (Wildman–Crippen LogP) is 6.41. The van der Waals surface area contributed by atoms with Crippen LogP contribution in [0.1, 0.15) is 29.2 Å². The van der Waals surface area contributed by atoms with Gasteiger partial charge in [0.15, 0.2) is 0 Å². The molecule has 4 aromatic carbocycles. The van der Waals surface area contributed by atoms with Gasteiger partial charge in [-0.15, -0.1) is 0 Å². The van der Waals surface area contributed by atoms with Crippen molar-refractivity contribution in [1.29, 1.82) is 0 Å². The Balaban J connectivity index is 1.82. The van der Waals surface area contributed by atoms with Crippen molar-refractivity contribution in [2.75, 3.05) is 0 Å². The smallest absolute Gasteiger partial charge is 0.126 e. The summed E-state index contributed by atoms with van der Waals surface area (Å²) in [6, 6.07) is 28.3. The third-order valence-electron chi connectivity index (χ3n) is 6.29. The van der Waals surface area contributed by atoms with Crippen molar-refractivity contribution < 1.29 is 10.2 Å². The van der Waals surface area contributed by atoms with Crippen molar-refractivity contribution in [3.8, 4) is 33.8 Å². The lowest BCUT2D eigenvalue weighted by Crippen LogP contribution is -2.22. The Morgan fingerprint density at radius 1 is 0.621 bits per heavy atom. The number of hydrogen-bond donors (Lipinski definition) is 2. The molecule has 1 aliphatic carbocycles. The maximum atomic E-state index is 10.8. The van der Waals surface area contributed by atoms with Crippen molar-refractivity contribution in [1.82, 2.24) is 0 Å². The molecule has 0 saturated heterocycles. The summed E-state index contributed by atoms with van der Waals surface area (Å²) < 4.78 is 0. The van der Waals surface area contributed by atoms with Gasteiger partial charge in [-0.25, -0.2) is 0 Å². The van der Waals surface area contributed by atoms with E-state index in [0.29, 0.717) is 11.1 Å². The summed E-state index contributed by atoms with van der Waals surface area (Å²) in [4.78, 5) is 0. The van der Waals surface area contributed by atoms with Crippen LogP contribution in [0.4, 0.5) is 0 Å². The lowest BCUT2D eigenvalue weighted by Gasteiger charge is -2.29. The SMILES string of the molecule is Cc1cc(C2(C)c3ccccc3-c3ccccc32)cc(-c2ccccc2O)c1O. The van der Waals surface area contributed by atoms with E-state index in [1.807, 2.05) is 25.1 Å². The lowest BCUT2D eigenvalue weighted by molar-refractivity contribution is 0.466. The summed E-state index contributed by atoms with van der Waals surface area (Å²) >= 11 is 0. The first kappa shape index (κ1) is 17.6. The number of para-hydroxylation sites is 1. The van der Waals surface area contributed by atoms with Gasteiger partial charge in [0.2, 0.25) is 0 Å². The molecule has 5 rings (SSSR count). The second-order valence-corrected chi connectivity index (χ2v) is 7.92. The van der Waals surface area contributed by atoms with Gasteiger partial charge in [-0.3, -0.25) is 0 Å². The molecule has 2 heteroatoms. The van der Waals surface area contributed by atoms with Crippen LogP contribution in [0.5, 0.6) is 11.5 Å². The second kappa shape index (κ2) is 6.25. The molecule has 0 fully saturated rings. The molecule has 0 heterocycles. The fraction of sp³-hybridized carbons (Fsp3) is 0.111. The highest BCUT2D eigenvalue weighted by atomic mass is 16.3. The molecule has 2 nitrogen and oxygen atoms in total. The zero-order valence-electron chi connectivity index (χ0n) is 16.5. The van der Waals surface area contributed by atoms with E-state index >= 15 is 0 Å². The third-order valence-corrected chi connectivity index (χ3v) is 6.29. The van der Waals surface area contributed by atoms with Crippen LogP contribution in [0, 0.1) is 6.92 Å². The zero-order valence-corrected chi connectivity index (χ0v) is 16.5. The van der Waals surface area contributed by atoms with Crippen molar-refractivity contribution in [2.45, 2.75) is 19.3 Å². The van der Waals surface area contributed by atoms with Gasteiger partial charge in [0.05, 0.1) is 0 Å². The zero-order chi connectivity index (χ0) is 20.2. The van der Waals surface area contributed by atoms with Gasteiger partial charge >= 0.3 is 0 Å². The Kier molecular flexibility index (Phi) is 3.78. The Bertz CT molecular complexity index is 1210. The average molecular weight is 378 g/mol. The van der Waals surface area contributed by atoms with E-state index in [1.54, 1.807) is 12.1 Å². The number of hydrogen-bond acceptors (Lipinski definition) is 2. The van der Waals surface area contributed by atoms with E-state index in [9.17, 15) is 10.2 Å². The van der Waals surface area contributed by atoms with Crippen LogP contribution in [-0.2, 0) is 5.41 Å². The van der Waals surface area contributed by atoms with Crippen LogP contribution in [0.2, 0.25) is 0 Å². The Morgan fingerprint density at radius 2 is 1.14 bits per heavy atom. The number of fused-ring (bicyclic) bond motifs is 3. The molecule has 0 amide bonds. The van der Waals surface area contributed by atoms with Gasteiger partial charge < -0.3 is 10.2 Å². The van der Waals surface area contributed by atoms with Crippen LogP contribution in [0.15, 0.2) is 84.9 Å². The Morgan fingerprint density at radius 3 is 1.72 bits per heavy atom. The highest BCUT2D eigenvalue weighted by molar-refractivity contribution is 5.85. The van der Waals surface area contributed by atoms with Crippen LogP contribution in [0.25, 0.3) is 22.3 Å². The molecule has 142 valence electrons. The third kappa shape index (κ3) is 2.42. The summed E-state index contributed by atoms with van der Waals surface area (Å²) in [5, 5.41) is 21.2.